The average molecular weight is 795 g/mol. The van der Waals surface area contributed by atoms with Crippen LogP contribution in [-0.4, -0.2) is 102 Å². The van der Waals surface area contributed by atoms with Gasteiger partial charge in [-0.15, -0.1) is 0 Å². The third kappa shape index (κ3) is 12.2. The second-order valence-electron chi connectivity index (χ2n) is 16.9. The molecule has 2 aromatic carbocycles. The molecular formula is C42H58N4O11. The number of aliphatic carboxylic acids is 1. The number of carboxylic acid groups (broad SMARTS) is 1. The van der Waals surface area contributed by atoms with Crippen molar-refractivity contribution in [3.63, 3.8) is 0 Å². The average Bonchev–Trinajstić information content (AvgIpc) is 3.94. The number of nitrogens with zero attached hydrogens (tertiary/aromatic N) is 2. The minimum atomic E-state index is -0.960. The summed E-state index contributed by atoms with van der Waals surface area (Å²) in [6.07, 6.45) is 5.37. The van der Waals surface area contributed by atoms with Crippen molar-refractivity contribution in [1.29, 1.82) is 0 Å². The van der Waals surface area contributed by atoms with E-state index < -0.39 is 47.0 Å². The first-order valence-corrected chi connectivity index (χ1v) is 19.3. The normalized spacial score (nSPS) is 20.0. The van der Waals surface area contributed by atoms with E-state index in [2.05, 4.69) is 10.1 Å². The molecular weight excluding hydrogens is 736 g/mol. The zero-order chi connectivity index (χ0) is 42.3. The minimum Gasteiger partial charge on any atom is -0.480 e. The van der Waals surface area contributed by atoms with Gasteiger partial charge in [0.05, 0.1) is 30.9 Å². The molecule has 2 atom stereocenters. The fraction of sp³-hybridized carbons (Fsp3) is 0.571. The monoisotopic (exact) mass is 794 g/mol. The van der Waals surface area contributed by atoms with E-state index in [4.69, 9.17) is 25.1 Å². The molecule has 2 aliphatic heterocycles. The zero-order valence-electron chi connectivity index (χ0n) is 34.3. The van der Waals surface area contributed by atoms with Crippen LogP contribution in [0, 0.1) is 0 Å². The van der Waals surface area contributed by atoms with E-state index in [9.17, 15) is 28.8 Å². The van der Waals surface area contributed by atoms with Gasteiger partial charge in [0.2, 0.25) is 5.91 Å². The van der Waals surface area contributed by atoms with Gasteiger partial charge in [0.25, 0.3) is 0 Å². The number of carboxylic acids is 1. The molecule has 2 saturated heterocycles. The molecule has 3 amide bonds. The Bertz CT molecular complexity index is 1770. The lowest BCUT2D eigenvalue weighted by Gasteiger charge is -2.29. The number of hydrogen-bond acceptors (Lipinski definition) is 11. The maximum atomic E-state index is 12.9. The summed E-state index contributed by atoms with van der Waals surface area (Å²) in [6, 6.07) is 13.2. The molecule has 0 bridgehead atoms. The van der Waals surface area contributed by atoms with Crippen LogP contribution in [0.4, 0.5) is 9.59 Å². The summed E-state index contributed by atoms with van der Waals surface area (Å²) in [5.74, 6) is -1.81. The van der Waals surface area contributed by atoms with E-state index in [0.717, 1.165) is 49.7 Å². The Hall–Kier alpha value is -5.18. The van der Waals surface area contributed by atoms with Gasteiger partial charge in [-0.1, -0.05) is 24.3 Å². The Balaban J connectivity index is 0.000000209. The van der Waals surface area contributed by atoms with Crippen molar-refractivity contribution in [3.05, 3.63) is 70.8 Å². The highest BCUT2D eigenvalue weighted by atomic mass is 16.6. The molecule has 0 radical (unpaired) electrons. The number of ether oxygens (including phenoxy) is 4. The van der Waals surface area contributed by atoms with Crippen LogP contribution in [-0.2, 0) is 39.6 Å². The number of likely N-dealkylation sites (tertiary alicyclic amines) is 2. The summed E-state index contributed by atoms with van der Waals surface area (Å²) < 4.78 is 19.9. The fourth-order valence-corrected chi connectivity index (χ4v) is 6.59. The molecule has 6 rings (SSSR count). The van der Waals surface area contributed by atoms with Crippen molar-refractivity contribution in [3.8, 4) is 0 Å². The minimum absolute atomic E-state index is 0.130. The Labute approximate surface area is 334 Å². The summed E-state index contributed by atoms with van der Waals surface area (Å²) in [5.41, 5.74) is 7.38. The summed E-state index contributed by atoms with van der Waals surface area (Å²) in [5, 5.41) is 12.0. The SMILES string of the molecule is CC(C)(C)OC(=O)N1CCCC1C(=O)O.COC(=O)c1ccc(C2(N)CC2)cc1.COC(=O)c1ccc(C2(NC(=O)C3CCCN3C(=O)OC(C)(C)C)CC2)cc1. The second kappa shape index (κ2) is 18.0. The maximum Gasteiger partial charge on any atom is 0.411 e. The van der Waals surface area contributed by atoms with Crippen LogP contribution in [0.1, 0.15) is 125 Å². The lowest BCUT2D eigenvalue weighted by Crippen LogP contribution is -2.50. The van der Waals surface area contributed by atoms with Crippen molar-refractivity contribution in [2.45, 2.75) is 127 Å². The van der Waals surface area contributed by atoms with Crippen LogP contribution < -0.4 is 11.1 Å². The van der Waals surface area contributed by atoms with Crippen LogP contribution in [0.25, 0.3) is 0 Å². The Morgan fingerprint density at radius 3 is 1.44 bits per heavy atom. The van der Waals surface area contributed by atoms with Crippen molar-refractivity contribution >= 4 is 36.0 Å². The third-order valence-electron chi connectivity index (χ3n) is 9.99. The Kier molecular flexibility index (Phi) is 14.0. The molecule has 2 saturated carbocycles. The smallest absolute Gasteiger partial charge is 0.411 e. The molecule has 15 nitrogen and oxygen atoms in total. The third-order valence-corrected chi connectivity index (χ3v) is 9.99. The van der Waals surface area contributed by atoms with E-state index in [1.54, 1.807) is 45.0 Å². The molecule has 4 N–H and O–H groups in total. The van der Waals surface area contributed by atoms with Crippen LogP contribution in [0.2, 0.25) is 0 Å². The van der Waals surface area contributed by atoms with Crippen LogP contribution in [0.3, 0.4) is 0 Å². The van der Waals surface area contributed by atoms with E-state index in [0.29, 0.717) is 37.1 Å². The number of nitrogens with one attached hydrogen (secondary N) is 1. The van der Waals surface area contributed by atoms with Gasteiger partial charge in [0.15, 0.2) is 0 Å². The van der Waals surface area contributed by atoms with Crippen molar-refractivity contribution < 1.29 is 52.8 Å². The number of carbonyl (C=O) groups is 6. The van der Waals surface area contributed by atoms with E-state index in [1.165, 1.54) is 24.0 Å². The van der Waals surface area contributed by atoms with E-state index >= 15 is 0 Å². The van der Waals surface area contributed by atoms with Crippen molar-refractivity contribution in [2.24, 2.45) is 5.73 Å². The quantitative estimate of drug-likeness (QED) is 0.223. The van der Waals surface area contributed by atoms with Crippen molar-refractivity contribution in [1.82, 2.24) is 15.1 Å². The highest BCUT2D eigenvalue weighted by Gasteiger charge is 2.48. The van der Waals surface area contributed by atoms with Crippen LogP contribution >= 0.6 is 0 Å². The van der Waals surface area contributed by atoms with Gasteiger partial charge < -0.3 is 35.1 Å². The zero-order valence-corrected chi connectivity index (χ0v) is 34.3. The molecule has 0 aromatic heterocycles. The molecule has 2 unspecified atom stereocenters. The highest BCUT2D eigenvalue weighted by molar-refractivity contribution is 5.90. The van der Waals surface area contributed by atoms with Gasteiger partial charge in [0.1, 0.15) is 23.3 Å². The predicted octanol–water partition coefficient (Wildman–Crippen LogP) is 5.87. The summed E-state index contributed by atoms with van der Waals surface area (Å²) in [4.78, 5) is 73.4. The number of benzene rings is 2. The molecule has 0 spiro atoms. The molecule has 15 heteroatoms. The number of carbonyl (C=O) groups excluding carboxylic acids is 5. The highest BCUT2D eigenvalue weighted by Crippen LogP contribution is 2.46. The van der Waals surface area contributed by atoms with Gasteiger partial charge in [-0.3, -0.25) is 14.6 Å². The van der Waals surface area contributed by atoms with Crippen LogP contribution in [0.5, 0.6) is 0 Å². The van der Waals surface area contributed by atoms with Crippen LogP contribution in [0.15, 0.2) is 48.5 Å². The molecule has 312 valence electrons. The number of hydrogen-bond donors (Lipinski definition) is 3. The summed E-state index contributed by atoms with van der Waals surface area (Å²) in [6.45, 7) is 11.7. The van der Waals surface area contributed by atoms with Gasteiger partial charge in [0, 0.05) is 18.6 Å². The number of nitrogens with two attached hydrogens (primary N) is 1. The number of amides is 3. The number of esters is 2. The predicted molar refractivity (Wildman–Crippen MR) is 209 cm³/mol. The molecule has 4 aliphatic rings. The largest absolute Gasteiger partial charge is 0.480 e. The fourth-order valence-electron chi connectivity index (χ4n) is 6.59. The van der Waals surface area contributed by atoms with Crippen molar-refractivity contribution in [2.75, 3.05) is 27.3 Å². The van der Waals surface area contributed by atoms with Gasteiger partial charge >= 0.3 is 30.1 Å². The second-order valence-corrected chi connectivity index (χ2v) is 16.9. The van der Waals surface area contributed by atoms with Gasteiger partial charge in [-0.25, -0.2) is 24.0 Å². The molecule has 57 heavy (non-hydrogen) atoms. The van der Waals surface area contributed by atoms with E-state index in [1.807, 2.05) is 45.0 Å². The lowest BCUT2D eigenvalue weighted by atomic mass is 10.0. The Morgan fingerprint density at radius 1 is 0.667 bits per heavy atom. The first-order valence-electron chi connectivity index (χ1n) is 19.3. The number of methoxy groups -OCH3 is 2. The summed E-state index contributed by atoms with van der Waals surface area (Å²) >= 11 is 0. The van der Waals surface area contributed by atoms with Gasteiger partial charge in [-0.2, -0.15) is 0 Å². The first-order chi connectivity index (χ1) is 26.6. The molecule has 2 aromatic rings. The molecule has 4 fully saturated rings. The maximum absolute atomic E-state index is 12.9. The standard InChI is InChI=1S/C21H28N2O5.C11H13NO2.C10H17NO4/c1-20(2,3)28-19(26)23-13-5-6-16(23)17(24)22-21(11-12-21)15-9-7-14(8-10-15)18(25)27-4;1-14-10(13)8-2-4-9(5-3-8)11(12)6-7-11;1-10(2,3)15-9(14)11-6-4-5-7(11)8(12)13/h7-10,16H,5-6,11-13H2,1-4H3,(H,22,24);2-5H,6-7,12H2,1H3;7H,4-6H2,1-3H3,(H,12,13). The molecule has 2 heterocycles. The van der Waals surface area contributed by atoms with E-state index in [-0.39, 0.29) is 23.4 Å². The number of rotatable bonds is 7. The lowest BCUT2D eigenvalue weighted by molar-refractivity contribution is -0.142. The Morgan fingerprint density at radius 2 is 1.07 bits per heavy atom. The summed E-state index contributed by atoms with van der Waals surface area (Å²) in [7, 11) is 2.72. The topological polar surface area (TPSA) is 204 Å². The van der Waals surface area contributed by atoms with Gasteiger partial charge in [-0.05, 0) is 128 Å². The first kappa shape index (κ1) is 44.5. The molecule has 2 aliphatic carbocycles.